The van der Waals surface area contributed by atoms with Crippen molar-refractivity contribution in [3.8, 4) is 0 Å². The van der Waals surface area contributed by atoms with Crippen LogP contribution in [-0.4, -0.2) is 6.29 Å². The molecule has 0 N–H and O–H groups in total. The Hall–Kier alpha value is -1.75. The molecule has 3 aromatic heterocycles. The number of carbonyl (C=O) groups excluding carboxylic acids is 1. The summed E-state index contributed by atoms with van der Waals surface area (Å²) >= 11 is 5.20. The quantitative estimate of drug-likeness (QED) is 0.242. The van der Waals surface area contributed by atoms with Gasteiger partial charge in [-0.15, -0.1) is 34.0 Å². The Kier molecular flexibility index (Phi) is 7.81. The number of rotatable bonds is 10. The molecule has 0 unspecified atom stereocenters. The van der Waals surface area contributed by atoms with Gasteiger partial charge in [-0.05, 0) is 73.5 Å². The van der Waals surface area contributed by atoms with E-state index in [1.54, 1.807) is 11.3 Å². The van der Waals surface area contributed by atoms with Gasteiger partial charge in [0.15, 0.2) is 6.29 Å². The van der Waals surface area contributed by atoms with Gasteiger partial charge < -0.3 is 0 Å². The van der Waals surface area contributed by atoms with Crippen LogP contribution in [0.2, 0.25) is 0 Å². The Morgan fingerprint density at radius 1 is 0.667 bits per heavy atom. The van der Waals surface area contributed by atoms with Crippen molar-refractivity contribution in [1.29, 1.82) is 0 Å². The van der Waals surface area contributed by atoms with Gasteiger partial charge in [0.1, 0.15) is 0 Å². The molecule has 0 aliphatic heterocycles. The zero-order valence-corrected chi connectivity index (χ0v) is 18.0. The molecule has 1 nitrogen and oxygen atoms in total. The second-order valence-electron chi connectivity index (χ2n) is 6.38. The molecule has 3 aromatic rings. The number of carbonyl (C=O) groups is 1. The van der Waals surface area contributed by atoms with Gasteiger partial charge in [0.25, 0.3) is 0 Å². The average Bonchev–Trinajstić information content (AvgIpc) is 3.42. The molecule has 3 rings (SSSR count). The lowest BCUT2D eigenvalue weighted by molar-refractivity contribution is 0.112. The number of hydrogen-bond acceptors (Lipinski definition) is 4. The minimum Gasteiger partial charge on any atom is -0.297 e. The van der Waals surface area contributed by atoms with Crippen molar-refractivity contribution in [2.75, 3.05) is 0 Å². The largest absolute Gasteiger partial charge is 0.297 e. The minimum absolute atomic E-state index is 0.769. The van der Waals surface area contributed by atoms with E-state index in [2.05, 4.69) is 55.5 Å². The third kappa shape index (κ3) is 6.42. The first kappa shape index (κ1) is 20.0. The summed E-state index contributed by atoms with van der Waals surface area (Å²) in [5.41, 5.74) is 0. The minimum atomic E-state index is 0.769. The van der Waals surface area contributed by atoms with Crippen molar-refractivity contribution in [2.45, 2.75) is 39.0 Å². The number of aryl methyl sites for hydroxylation is 1. The van der Waals surface area contributed by atoms with Crippen LogP contribution in [0.3, 0.4) is 0 Å². The van der Waals surface area contributed by atoms with Gasteiger partial charge in [0.05, 0.1) is 4.88 Å². The predicted molar refractivity (Wildman–Crippen MR) is 124 cm³/mol. The molecule has 0 spiro atoms. The summed E-state index contributed by atoms with van der Waals surface area (Å²) in [6.45, 7) is 2.26. The highest BCUT2D eigenvalue weighted by Gasteiger charge is 2.00. The van der Waals surface area contributed by atoms with Crippen molar-refractivity contribution in [3.05, 3.63) is 65.7 Å². The lowest BCUT2D eigenvalue weighted by Gasteiger charge is -1.96. The fraction of sp³-hybridized carbons (Fsp3) is 0.261. The summed E-state index contributed by atoms with van der Waals surface area (Å²) < 4.78 is 0. The van der Waals surface area contributed by atoms with E-state index < -0.39 is 0 Å². The van der Waals surface area contributed by atoms with E-state index in [0.29, 0.717) is 0 Å². The molecule has 0 amide bonds. The van der Waals surface area contributed by atoms with Crippen molar-refractivity contribution in [2.24, 2.45) is 0 Å². The summed E-state index contributed by atoms with van der Waals surface area (Å²) in [4.78, 5) is 17.9. The highest BCUT2D eigenvalue weighted by molar-refractivity contribution is 7.15. The van der Waals surface area contributed by atoms with Gasteiger partial charge in [0.2, 0.25) is 0 Å². The zero-order chi connectivity index (χ0) is 18.9. The molecule has 0 bridgehead atoms. The standard InChI is InChI=1S/C23H24OS3/c1-2-3-4-5-6-18-7-8-19(25-18)9-10-20-11-12-21(26-20)13-14-22-15-16-23(17-24)27-22/h7-17H,2-6H2,1H3/b10-9+,14-13+. The lowest BCUT2D eigenvalue weighted by Crippen LogP contribution is -1.80. The molecule has 3 heterocycles. The Labute approximate surface area is 173 Å². The van der Waals surface area contributed by atoms with Crippen molar-refractivity contribution < 1.29 is 4.79 Å². The summed E-state index contributed by atoms with van der Waals surface area (Å²) in [6.07, 6.45) is 16.0. The molecule has 0 fully saturated rings. The second kappa shape index (κ2) is 10.5. The normalized spacial score (nSPS) is 11.7. The van der Waals surface area contributed by atoms with Crippen LogP contribution in [0.1, 0.15) is 66.7 Å². The summed E-state index contributed by atoms with van der Waals surface area (Å²) in [5.74, 6) is 0. The maximum atomic E-state index is 10.7. The molecule has 0 aliphatic carbocycles. The number of unbranched alkanes of at least 4 members (excludes halogenated alkanes) is 3. The van der Waals surface area contributed by atoms with Crippen LogP contribution in [0.4, 0.5) is 0 Å². The van der Waals surface area contributed by atoms with E-state index in [1.807, 2.05) is 23.5 Å². The first-order valence-corrected chi connectivity index (χ1v) is 11.8. The van der Waals surface area contributed by atoms with Crippen LogP contribution >= 0.6 is 34.0 Å². The smallest absolute Gasteiger partial charge is 0.160 e. The molecule has 140 valence electrons. The maximum absolute atomic E-state index is 10.7. The third-order valence-electron chi connectivity index (χ3n) is 4.19. The van der Waals surface area contributed by atoms with Gasteiger partial charge in [-0.3, -0.25) is 4.79 Å². The van der Waals surface area contributed by atoms with Crippen LogP contribution in [0.25, 0.3) is 24.3 Å². The monoisotopic (exact) mass is 412 g/mol. The van der Waals surface area contributed by atoms with E-state index >= 15 is 0 Å². The van der Waals surface area contributed by atoms with Gasteiger partial charge in [-0.1, -0.05) is 26.2 Å². The third-order valence-corrected chi connectivity index (χ3v) is 7.30. The number of aldehydes is 1. The summed E-state index contributed by atoms with van der Waals surface area (Å²) in [7, 11) is 0. The van der Waals surface area contributed by atoms with E-state index in [0.717, 1.165) is 16.0 Å². The van der Waals surface area contributed by atoms with Crippen LogP contribution in [-0.2, 0) is 6.42 Å². The predicted octanol–water partition coefficient (Wildman–Crippen LogP) is 8.15. The molecular formula is C23H24OS3. The molecule has 0 saturated carbocycles. The Balaban J connectivity index is 1.54. The average molecular weight is 413 g/mol. The van der Waals surface area contributed by atoms with Gasteiger partial charge in [0, 0.05) is 24.4 Å². The van der Waals surface area contributed by atoms with E-state index in [-0.39, 0.29) is 0 Å². The molecule has 0 radical (unpaired) electrons. The highest BCUT2D eigenvalue weighted by atomic mass is 32.1. The van der Waals surface area contributed by atoms with Crippen LogP contribution in [0.5, 0.6) is 0 Å². The Bertz CT molecular complexity index is 908. The Morgan fingerprint density at radius 3 is 1.74 bits per heavy atom. The van der Waals surface area contributed by atoms with Gasteiger partial charge in [-0.25, -0.2) is 0 Å². The second-order valence-corrected chi connectivity index (χ2v) is 9.87. The summed E-state index contributed by atoms with van der Waals surface area (Å²) in [6, 6.07) is 12.6. The van der Waals surface area contributed by atoms with Crippen LogP contribution in [0, 0.1) is 0 Å². The fourth-order valence-corrected chi connectivity index (χ4v) is 5.24. The van der Waals surface area contributed by atoms with Gasteiger partial charge in [-0.2, -0.15) is 0 Å². The summed E-state index contributed by atoms with van der Waals surface area (Å²) in [5, 5.41) is 0. The topological polar surface area (TPSA) is 17.1 Å². The molecule has 0 aromatic carbocycles. The number of hydrogen-bond donors (Lipinski definition) is 0. The molecule has 0 aliphatic rings. The number of thiophene rings is 3. The molecular weight excluding hydrogens is 388 g/mol. The fourth-order valence-electron chi connectivity index (χ4n) is 2.74. The van der Waals surface area contributed by atoms with Crippen molar-refractivity contribution >= 4 is 64.6 Å². The van der Waals surface area contributed by atoms with Gasteiger partial charge >= 0.3 is 0 Å². The lowest BCUT2D eigenvalue weighted by atomic mass is 10.1. The first-order valence-electron chi connectivity index (χ1n) is 9.36. The van der Waals surface area contributed by atoms with E-state index in [9.17, 15) is 4.79 Å². The molecule has 0 atom stereocenters. The van der Waals surface area contributed by atoms with Crippen molar-refractivity contribution in [1.82, 2.24) is 0 Å². The van der Waals surface area contributed by atoms with E-state index in [4.69, 9.17) is 0 Å². The molecule has 27 heavy (non-hydrogen) atoms. The highest BCUT2D eigenvalue weighted by Crippen LogP contribution is 2.25. The van der Waals surface area contributed by atoms with Crippen molar-refractivity contribution in [3.63, 3.8) is 0 Å². The van der Waals surface area contributed by atoms with Crippen LogP contribution < -0.4 is 0 Å². The molecule has 4 heteroatoms. The zero-order valence-electron chi connectivity index (χ0n) is 15.5. The van der Waals surface area contributed by atoms with E-state index in [1.165, 1.54) is 62.9 Å². The SMILES string of the molecule is CCCCCCc1ccc(/C=C/c2ccc(/C=C/c3ccc(C=O)s3)s2)s1. The molecule has 0 saturated heterocycles. The van der Waals surface area contributed by atoms with Crippen LogP contribution in [0.15, 0.2) is 36.4 Å². The Morgan fingerprint density at radius 2 is 1.19 bits per heavy atom. The first-order chi connectivity index (χ1) is 13.3. The maximum Gasteiger partial charge on any atom is 0.160 e.